The molecule has 1 aromatic carbocycles. The van der Waals surface area contributed by atoms with Gasteiger partial charge in [0.15, 0.2) is 0 Å². The van der Waals surface area contributed by atoms with Crippen molar-refractivity contribution in [1.29, 1.82) is 0 Å². The molecule has 0 radical (unpaired) electrons. The third kappa shape index (κ3) is 2.13. The second-order valence-corrected chi connectivity index (χ2v) is 5.46. The lowest BCUT2D eigenvalue weighted by Gasteiger charge is -2.15. The van der Waals surface area contributed by atoms with Gasteiger partial charge in [0.2, 0.25) is 0 Å². The van der Waals surface area contributed by atoms with Crippen molar-refractivity contribution in [1.82, 2.24) is 4.37 Å². The predicted molar refractivity (Wildman–Crippen MR) is 72.1 cm³/mol. The summed E-state index contributed by atoms with van der Waals surface area (Å²) in [6, 6.07) is 8.88. The maximum atomic E-state index is 5.62. The summed E-state index contributed by atoms with van der Waals surface area (Å²) < 4.78 is 4.47. The maximum absolute atomic E-state index is 5.62. The molecule has 0 aliphatic heterocycles. The zero-order chi connectivity index (χ0) is 11.7. The van der Waals surface area contributed by atoms with Crippen LogP contribution in [0.3, 0.4) is 0 Å². The highest BCUT2D eigenvalue weighted by molar-refractivity contribution is 7.06. The van der Waals surface area contributed by atoms with Crippen molar-refractivity contribution in [3.63, 3.8) is 0 Å². The first-order chi connectivity index (χ1) is 8.36. The van der Waals surface area contributed by atoms with Crippen LogP contribution in [0.15, 0.2) is 24.3 Å². The highest BCUT2D eigenvalue weighted by atomic mass is 32.1. The first kappa shape index (κ1) is 10.9. The molecule has 0 saturated heterocycles. The minimum atomic E-state index is 0.586. The van der Waals surface area contributed by atoms with Crippen molar-refractivity contribution in [2.45, 2.75) is 32.2 Å². The molecule has 1 aliphatic carbocycles. The van der Waals surface area contributed by atoms with Crippen LogP contribution in [-0.2, 0) is 19.4 Å². The summed E-state index contributed by atoms with van der Waals surface area (Å²) in [7, 11) is 0. The van der Waals surface area contributed by atoms with E-state index in [1.165, 1.54) is 53.9 Å². The van der Waals surface area contributed by atoms with Crippen LogP contribution in [0.5, 0.6) is 0 Å². The van der Waals surface area contributed by atoms with Gasteiger partial charge in [-0.2, -0.15) is 4.37 Å². The molecule has 3 heteroatoms. The molecule has 0 spiro atoms. The van der Waals surface area contributed by atoms with E-state index in [2.05, 4.69) is 28.6 Å². The fourth-order valence-electron chi connectivity index (χ4n) is 2.44. The number of hydrogen-bond acceptors (Lipinski definition) is 3. The van der Waals surface area contributed by atoms with E-state index in [4.69, 9.17) is 5.73 Å². The zero-order valence-electron chi connectivity index (χ0n) is 9.78. The lowest BCUT2D eigenvalue weighted by atomic mass is 9.90. The Morgan fingerprint density at radius 3 is 2.71 bits per heavy atom. The molecular weight excluding hydrogens is 228 g/mol. The van der Waals surface area contributed by atoms with Crippen molar-refractivity contribution in [2.24, 2.45) is 5.73 Å². The molecule has 1 heterocycles. The van der Waals surface area contributed by atoms with E-state index in [1.807, 2.05) is 0 Å². The van der Waals surface area contributed by atoms with E-state index in [-0.39, 0.29) is 0 Å². The normalized spacial score (nSPS) is 14.6. The summed E-state index contributed by atoms with van der Waals surface area (Å²) in [5.74, 6) is 0. The number of aromatic nitrogens is 1. The molecule has 1 aliphatic rings. The van der Waals surface area contributed by atoms with Crippen LogP contribution >= 0.6 is 11.5 Å². The third-order valence-electron chi connectivity index (χ3n) is 3.40. The van der Waals surface area contributed by atoms with Gasteiger partial charge >= 0.3 is 0 Å². The fraction of sp³-hybridized carbons (Fsp3) is 0.357. The molecule has 0 atom stereocenters. The Morgan fingerprint density at radius 2 is 1.94 bits per heavy atom. The summed E-state index contributed by atoms with van der Waals surface area (Å²) in [6.45, 7) is 0.586. The van der Waals surface area contributed by atoms with Gasteiger partial charge in [-0.25, -0.2) is 0 Å². The summed E-state index contributed by atoms with van der Waals surface area (Å²) >= 11 is 1.51. The first-order valence-corrected chi connectivity index (χ1v) is 6.92. The molecule has 17 heavy (non-hydrogen) atoms. The molecule has 0 bridgehead atoms. The van der Waals surface area contributed by atoms with E-state index < -0.39 is 0 Å². The van der Waals surface area contributed by atoms with Crippen LogP contribution in [0.4, 0.5) is 0 Å². The number of benzene rings is 1. The van der Waals surface area contributed by atoms with Crippen molar-refractivity contribution < 1.29 is 0 Å². The minimum absolute atomic E-state index is 0.586. The van der Waals surface area contributed by atoms with Crippen LogP contribution < -0.4 is 5.73 Å². The molecule has 2 N–H and O–H groups in total. The van der Waals surface area contributed by atoms with Crippen LogP contribution in [0, 0.1) is 0 Å². The number of fused-ring (bicyclic) bond motifs is 1. The van der Waals surface area contributed by atoms with Gasteiger partial charge < -0.3 is 5.73 Å². The quantitative estimate of drug-likeness (QED) is 0.881. The molecule has 0 fully saturated rings. The summed E-state index contributed by atoms with van der Waals surface area (Å²) in [5.41, 5.74) is 11.0. The molecule has 0 saturated carbocycles. The van der Waals surface area contributed by atoms with Crippen molar-refractivity contribution in [3.8, 4) is 11.3 Å². The van der Waals surface area contributed by atoms with Gasteiger partial charge in [-0.05, 0) is 60.5 Å². The Hall–Kier alpha value is -1.19. The Bertz CT molecular complexity index is 531. The molecule has 0 unspecified atom stereocenters. The van der Waals surface area contributed by atoms with E-state index in [1.54, 1.807) is 0 Å². The highest BCUT2D eigenvalue weighted by Gasteiger charge is 2.11. The molecule has 1 aromatic heterocycles. The highest BCUT2D eigenvalue weighted by Crippen LogP contribution is 2.28. The second-order valence-electron chi connectivity index (χ2n) is 4.57. The smallest absolute Gasteiger partial charge is 0.0844 e. The molecule has 3 rings (SSSR count). The largest absolute Gasteiger partial charge is 0.326 e. The maximum Gasteiger partial charge on any atom is 0.0844 e. The van der Waals surface area contributed by atoms with Gasteiger partial charge in [-0.1, -0.05) is 12.1 Å². The van der Waals surface area contributed by atoms with Crippen LogP contribution in [0.2, 0.25) is 0 Å². The summed E-state index contributed by atoms with van der Waals surface area (Å²) in [4.78, 5) is 1.15. The van der Waals surface area contributed by atoms with Gasteiger partial charge in [-0.15, -0.1) is 0 Å². The Balaban J connectivity index is 1.97. The molecule has 88 valence electrons. The molecule has 0 amide bonds. The van der Waals surface area contributed by atoms with E-state index >= 15 is 0 Å². The number of aryl methyl sites for hydroxylation is 2. The monoisotopic (exact) mass is 244 g/mol. The van der Waals surface area contributed by atoms with Gasteiger partial charge in [-0.3, -0.25) is 0 Å². The standard InChI is InChI=1S/C14H16N2S/c15-9-13-8-14(16-17-13)12-6-5-10-3-1-2-4-11(10)7-12/h5-8H,1-4,9,15H2. The fourth-order valence-corrected chi connectivity index (χ4v) is 3.05. The van der Waals surface area contributed by atoms with Crippen LogP contribution in [0.1, 0.15) is 28.8 Å². The van der Waals surface area contributed by atoms with Crippen LogP contribution in [0.25, 0.3) is 11.3 Å². The summed E-state index contributed by atoms with van der Waals surface area (Å²) in [6.07, 6.45) is 5.11. The van der Waals surface area contributed by atoms with Crippen LogP contribution in [-0.4, -0.2) is 4.37 Å². The topological polar surface area (TPSA) is 38.9 Å². The van der Waals surface area contributed by atoms with E-state index in [9.17, 15) is 0 Å². The van der Waals surface area contributed by atoms with Gasteiger partial charge in [0.1, 0.15) is 0 Å². The Labute approximate surface area is 106 Å². The lowest BCUT2D eigenvalue weighted by molar-refractivity contribution is 0.686. The third-order valence-corrected chi connectivity index (χ3v) is 4.21. The van der Waals surface area contributed by atoms with E-state index in [0.29, 0.717) is 6.54 Å². The zero-order valence-corrected chi connectivity index (χ0v) is 10.6. The first-order valence-electron chi connectivity index (χ1n) is 6.14. The predicted octanol–water partition coefficient (Wildman–Crippen LogP) is 3.15. The number of nitrogens with zero attached hydrogens (tertiary/aromatic N) is 1. The number of hydrogen-bond donors (Lipinski definition) is 1. The number of nitrogens with two attached hydrogens (primary N) is 1. The molecular formula is C14H16N2S. The second kappa shape index (κ2) is 4.59. The van der Waals surface area contributed by atoms with Gasteiger partial charge in [0.05, 0.1) is 5.69 Å². The average Bonchev–Trinajstić information content (AvgIpc) is 2.87. The van der Waals surface area contributed by atoms with Crippen molar-refractivity contribution in [3.05, 3.63) is 40.3 Å². The van der Waals surface area contributed by atoms with E-state index in [0.717, 1.165) is 10.6 Å². The Morgan fingerprint density at radius 1 is 1.12 bits per heavy atom. The van der Waals surface area contributed by atoms with Crippen molar-refractivity contribution in [2.75, 3.05) is 0 Å². The SMILES string of the molecule is NCc1cc(-c2ccc3c(c2)CCCC3)ns1. The molecule has 2 nitrogen and oxygen atoms in total. The minimum Gasteiger partial charge on any atom is -0.326 e. The summed E-state index contributed by atoms with van der Waals surface area (Å²) in [5, 5.41) is 0. The average molecular weight is 244 g/mol. The lowest BCUT2D eigenvalue weighted by Crippen LogP contribution is -2.02. The number of rotatable bonds is 2. The van der Waals surface area contributed by atoms with Gasteiger partial charge in [0.25, 0.3) is 0 Å². The van der Waals surface area contributed by atoms with Crippen molar-refractivity contribution >= 4 is 11.5 Å². The van der Waals surface area contributed by atoms with Gasteiger partial charge in [0, 0.05) is 17.0 Å². The Kier molecular flexibility index (Phi) is 2.95. The molecule has 2 aromatic rings.